The predicted molar refractivity (Wildman–Crippen MR) is 78.0 cm³/mol. The molecule has 3 rings (SSSR count). The monoisotopic (exact) mass is 308 g/mol. The third-order valence-corrected chi connectivity index (χ3v) is 3.33. The minimum atomic E-state index is 0.169. The van der Waals surface area contributed by atoms with Crippen molar-refractivity contribution in [2.75, 3.05) is 7.11 Å². The van der Waals surface area contributed by atoms with E-state index in [1.165, 1.54) is 0 Å². The smallest absolute Gasteiger partial charge is 0.241 e. The fourth-order valence-corrected chi connectivity index (χ4v) is 2.30. The number of rotatable bonds is 2. The molecule has 0 fully saturated rings. The van der Waals surface area contributed by atoms with Crippen LogP contribution in [0.5, 0.6) is 5.88 Å². The first-order valence-corrected chi connectivity index (χ1v) is 6.57. The van der Waals surface area contributed by atoms with E-state index >= 15 is 0 Å². The van der Waals surface area contributed by atoms with Crippen molar-refractivity contribution >= 4 is 34.1 Å². The number of benzene rings is 1. The third-order valence-electron chi connectivity index (χ3n) is 2.92. The number of aryl methyl sites for hydroxylation is 1. The fraction of sp³-hybridized carbons (Fsp3) is 0.154. The summed E-state index contributed by atoms with van der Waals surface area (Å²) in [7, 11) is 1.56. The summed E-state index contributed by atoms with van der Waals surface area (Å²) < 4.78 is 6.96. The van der Waals surface area contributed by atoms with Gasteiger partial charge in [-0.15, -0.1) is 5.10 Å². The number of halogens is 2. The van der Waals surface area contributed by atoms with Crippen molar-refractivity contribution < 1.29 is 4.74 Å². The Morgan fingerprint density at radius 2 is 2.05 bits per heavy atom. The van der Waals surface area contributed by atoms with Gasteiger partial charge in [0.05, 0.1) is 18.0 Å². The van der Waals surface area contributed by atoms with Crippen molar-refractivity contribution in [3.05, 3.63) is 40.3 Å². The van der Waals surface area contributed by atoms with Crippen LogP contribution in [-0.4, -0.2) is 26.9 Å². The number of fused-ring (bicyclic) bond motifs is 1. The maximum absolute atomic E-state index is 6.02. The zero-order valence-electron chi connectivity index (χ0n) is 10.8. The third kappa shape index (κ3) is 2.09. The molecule has 0 atom stereocenters. The Hall–Kier alpha value is -1.85. The van der Waals surface area contributed by atoms with E-state index in [0.717, 1.165) is 16.5 Å². The van der Waals surface area contributed by atoms with Crippen molar-refractivity contribution in [3.8, 4) is 11.7 Å². The Kier molecular flexibility index (Phi) is 3.23. The summed E-state index contributed by atoms with van der Waals surface area (Å²) in [5, 5.41) is 6.01. The summed E-state index contributed by atoms with van der Waals surface area (Å²) >= 11 is 11.9. The van der Waals surface area contributed by atoms with E-state index in [2.05, 4.69) is 15.1 Å². The lowest BCUT2D eigenvalue weighted by atomic mass is 10.2. The second kappa shape index (κ2) is 4.92. The van der Waals surface area contributed by atoms with Gasteiger partial charge in [0.2, 0.25) is 11.2 Å². The van der Waals surface area contributed by atoms with Crippen molar-refractivity contribution in [1.82, 2.24) is 19.7 Å². The van der Waals surface area contributed by atoms with E-state index in [9.17, 15) is 0 Å². The Labute approximate surface area is 125 Å². The van der Waals surface area contributed by atoms with Crippen LogP contribution in [0.2, 0.25) is 10.3 Å². The second-order valence-electron chi connectivity index (χ2n) is 4.23. The van der Waals surface area contributed by atoms with Gasteiger partial charge in [0.1, 0.15) is 0 Å². The molecule has 2 aromatic heterocycles. The van der Waals surface area contributed by atoms with Crippen LogP contribution >= 0.6 is 23.2 Å². The summed E-state index contributed by atoms with van der Waals surface area (Å²) in [4.78, 5) is 8.18. The molecular formula is C13H10Cl2N4O. The highest BCUT2D eigenvalue weighted by atomic mass is 35.5. The average Bonchev–Trinajstić information content (AvgIpc) is 2.79. The van der Waals surface area contributed by atoms with Gasteiger partial charge in [0, 0.05) is 16.8 Å². The zero-order chi connectivity index (χ0) is 14.3. The van der Waals surface area contributed by atoms with Gasteiger partial charge in [-0.1, -0.05) is 11.6 Å². The van der Waals surface area contributed by atoms with E-state index < -0.39 is 0 Å². The highest BCUT2D eigenvalue weighted by molar-refractivity contribution is 6.31. The summed E-state index contributed by atoms with van der Waals surface area (Å²) in [5.74, 6) is 1.09. The molecule has 1 aromatic carbocycles. The molecule has 7 heteroatoms. The number of nitrogens with zero attached hydrogens (tertiary/aromatic N) is 4. The number of hydrogen-bond donors (Lipinski definition) is 0. The molecule has 2 heterocycles. The molecule has 0 aliphatic rings. The first-order valence-electron chi connectivity index (χ1n) is 5.82. The van der Waals surface area contributed by atoms with Crippen LogP contribution in [0.3, 0.4) is 0 Å². The maximum atomic E-state index is 6.02. The molecule has 3 aromatic rings. The lowest BCUT2D eigenvalue weighted by molar-refractivity contribution is 0.398. The van der Waals surface area contributed by atoms with Gasteiger partial charge in [-0.3, -0.25) is 0 Å². The van der Waals surface area contributed by atoms with Gasteiger partial charge < -0.3 is 4.74 Å². The fourth-order valence-electron chi connectivity index (χ4n) is 2.00. The minimum absolute atomic E-state index is 0.169. The van der Waals surface area contributed by atoms with Gasteiger partial charge in [0.15, 0.2) is 5.82 Å². The van der Waals surface area contributed by atoms with Crippen molar-refractivity contribution in [1.29, 1.82) is 0 Å². The summed E-state index contributed by atoms with van der Waals surface area (Å²) in [6.45, 7) is 1.89. The lowest BCUT2D eigenvalue weighted by Gasteiger charge is -2.05. The standard InChI is InChI=1S/C13H10Cl2N4O/c1-7-6-16-13(15)17-11(7)19-10-4-3-8(14)5-9(10)12(18-19)20-2/h3-6H,1-2H3. The van der Waals surface area contributed by atoms with Crippen molar-refractivity contribution in [3.63, 3.8) is 0 Å². The largest absolute Gasteiger partial charge is 0.479 e. The van der Waals surface area contributed by atoms with Crippen LogP contribution in [0.4, 0.5) is 0 Å². The second-order valence-corrected chi connectivity index (χ2v) is 5.00. The van der Waals surface area contributed by atoms with Crippen molar-refractivity contribution in [2.24, 2.45) is 0 Å². The minimum Gasteiger partial charge on any atom is -0.479 e. The van der Waals surface area contributed by atoms with E-state index in [0.29, 0.717) is 16.7 Å². The molecule has 0 saturated carbocycles. The zero-order valence-corrected chi connectivity index (χ0v) is 12.3. The Morgan fingerprint density at radius 1 is 1.25 bits per heavy atom. The number of ether oxygens (including phenoxy) is 1. The first kappa shape index (κ1) is 13.1. The molecule has 0 N–H and O–H groups in total. The normalized spacial score (nSPS) is 11.0. The predicted octanol–water partition coefficient (Wildman–Crippen LogP) is 3.44. The highest BCUT2D eigenvalue weighted by Gasteiger charge is 2.15. The molecule has 0 bridgehead atoms. The number of aromatic nitrogens is 4. The molecule has 0 spiro atoms. The summed E-state index contributed by atoms with van der Waals surface area (Å²) in [6, 6.07) is 5.46. The Bertz CT molecular complexity index is 800. The van der Waals surface area contributed by atoms with Crippen LogP contribution < -0.4 is 4.74 Å². The van der Waals surface area contributed by atoms with Gasteiger partial charge in [-0.2, -0.15) is 4.98 Å². The highest BCUT2D eigenvalue weighted by Crippen LogP contribution is 2.30. The molecule has 0 aliphatic heterocycles. The molecule has 20 heavy (non-hydrogen) atoms. The van der Waals surface area contributed by atoms with E-state index in [1.54, 1.807) is 30.1 Å². The Balaban J connectivity index is 2.34. The molecule has 0 aliphatic carbocycles. The molecule has 0 unspecified atom stereocenters. The van der Waals surface area contributed by atoms with Gasteiger partial charge in [0.25, 0.3) is 0 Å². The van der Waals surface area contributed by atoms with E-state index in [-0.39, 0.29) is 5.28 Å². The molecule has 5 nitrogen and oxygen atoms in total. The van der Waals surface area contributed by atoms with E-state index in [4.69, 9.17) is 27.9 Å². The van der Waals surface area contributed by atoms with Crippen LogP contribution in [0, 0.1) is 6.92 Å². The molecule has 0 saturated heterocycles. The van der Waals surface area contributed by atoms with Gasteiger partial charge >= 0.3 is 0 Å². The summed E-state index contributed by atoms with van der Waals surface area (Å²) in [5.41, 5.74) is 1.69. The molecule has 102 valence electrons. The quantitative estimate of drug-likeness (QED) is 0.680. The first-order chi connectivity index (χ1) is 9.60. The molecule has 0 amide bonds. The van der Waals surface area contributed by atoms with Crippen LogP contribution in [-0.2, 0) is 0 Å². The Morgan fingerprint density at radius 3 is 2.80 bits per heavy atom. The molecular weight excluding hydrogens is 299 g/mol. The van der Waals surface area contributed by atoms with Crippen LogP contribution in [0.1, 0.15) is 5.56 Å². The van der Waals surface area contributed by atoms with Gasteiger partial charge in [-0.25, -0.2) is 9.67 Å². The SMILES string of the molecule is COc1nn(-c2nc(Cl)ncc2C)c2ccc(Cl)cc12. The average molecular weight is 309 g/mol. The van der Waals surface area contributed by atoms with Gasteiger partial charge in [-0.05, 0) is 36.7 Å². The van der Waals surface area contributed by atoms with Crippen LogP contribution in [0.15, 0.2) is 24.4 Å². The topological polar surface area (TPSA) is 52.8 Å². The van der Waals surface area contributed by atoms with Crippen molar-refractivity contribution in [2.45, 2.75) is 6.92 Å². The maximum Gasteiger partial charge on any atom is 0.241 e. The number of methoxy groups -OCH3 is 1. The number of hydrogen-bond acceptors (Lipinski definition) is 4. The van der Waals surface area contributed by atoms with Crippen LogP contribution in [0.25, 0.3) is 16.7 Å². The summed E-state index contributed by atoms with van der Waals surface area (Å²) in [6.07, 6.45) is 1.65. The van der Waals surface area contributed by atoms with E-state index in [1.807, 2.05) is 13.0 Å². The lowest BCUT2D eigenvalue weighted by Crippen LogP contribution is -2.03. The molecule has 0 radical (unpaired) electrons.